The normalized spacial score (nSPS) is 11.8. The van der Waals surface area contributed by atoms with Crippen LogP contribution in [0.15, 0.2) is 6.33 Å². The molecule has 1 aromatic rings. The molecule has 8 heteroatoms. The standard InChI is InChI=1S/C13H25N5O.2ClH/c1-9(2)7-11(14)13(19)15-5-6-18-8-16-17-12(18)10(3)4;;/h8-11H,5-7,14H2,1-4H3,(H,15,19);2*1H/t11-;;/m0../s1. The minimum Gasteiger partial charge on any atom is -0.353 e. The van der Waals surface area contributed by atoms with Gasteiger partial charge in [0.1, 0.15) is 12.2 Å². The van der Waals surface area contributed by atoms with Crippen molar-refractivity contribution in [2.45, 2.75) is 52.6 Å². The summed E-state index contributed by atoms with van der Waals surface area (Å²) in [7, 11) is 0. The number of carbonyl (C=O) groups is 1. The SMILES string of the molecule is CC(C)C[C@H](N)C(=O)NCCn1cnnc1C(C)C.Cl.Cl. The molecule has 0 radical (unpaired) electrons. The van der Waals surface area contributed by atoms with Gasteiger partial charge < -0.3 is 15.6 Å². The quantitative estimate of drug-likeness (QED) is 0.792. The number of aromatic nitrogens is 3. The number of nitrogens with zero attached hydrogens (tertiary/aromatic N) is 3. The molecule has 1 aromatic heterocycles. The van der Waals surface area contributed by atoms with Crippen LogP contribution in [0.1, 0.15) is 45.9 Å². The van der Waals surface area contributed by atoms with Gasteiger partial charge in [0.15, 0.2) is 0 Å². The maximum atomic E-state index is 11.7. The number of hydrogen-bond acceptors (Lipinski definition) is 4. The summed E-state index contributed by atoms with van der Waals surface area (Å²) in [5, 5.41) is 10.8. The molecule has 0 aliphatic carbocycles. The first-order valence-corrected chi connectivity index (χ1v) is 6.82. The van der Waals surface area contributed by atoms with Gasteiger partial charge in [0, 0.05) is 19.0 Å². The Morgan fingerprint density at radius 1 is 1.33 bits per heavy atom. The van der Waals surface area contributed by atoms with Crippen molar-refractivity contribution in [1.82, 2.24) is 20.1 Å². The number of rotatable bonds is 7. The highest BCUT2D eigenvalue weighted by Gasteiger charge is 2.14. The van der Waals surface area contributed by atoms with Gasteiger partial charge in [-0.25, -0.2) is 0 Å². The smallest absolute Gasteiger partial charge is 0.236 e. The largest absolute Gasteiger partial charge is 0.353 e. The maximum absolute atomic E-state index is 11.7. The van der Waals surface area contributed by atoms with Gasteiger partial charge >= 0.3 is 0 Å². The Kier molecular flexibility index (Phi) is 11.6. The molecule has 0 saturated heterocycles. The van der Waals surface area contributed by atoms with E-state index in [0.717, 1.165) is 5.82 Å². The molecule has 0 unspecified atom stereocenters. The average molecular weight is 340 g/mol. The lowest BCUT2D eigenvalue weighted by molar-refractivity contribution is -0.122. The van der Waals surface area contributed by atoms with Crippen LogP contribution >= 0.6 is 24.8 Å². The lowest BCUT2D eigenvalue weighted by atomic mass is 10.0. The molecular weight excluding hydrogens is 313 g/mol. The van der Waals surface area contributed by atoms with Crippen molar-refractivity contribution in [2.75, 3.05) is 6.54 Å². The Balaban J connectivity index is 0. The fraction of sp³-hybridized carbons (Fsp3) is 0.769. The van der Waals surface area contributed by atoms with Crippen molar-refractivity contribution in [3.8, 4) is 0 Å². The first-order valence-electron chi connectivity index (χ1n) is 6.82. The molecule has 1 rings (SSSR count). The maximum Gasteiger partial charge on any atom is 0.236 e. The fourth-order valence-electron chi connectivity index (χ4n) is 1.93. The van der Waals surface area contributed by atoms with E-state index in [0.29, 0.717) is 31.3 Å². The Morgan fingerprint density at radius 3 is 2.48 bits per heavy atom. The van der Waals surface area contributed by atoms with Gasteiger partial charge in [-0.3, -0.25) is 4.79 Å². The summed E-state index contributed by atoms with van der Waals surface area (Å²) in [4.78, 5) is 11.7. The van der Waals surface area contributed by atoms with Gasteiger partial charge in [-0.05, 0) is 12.3 Å². The lowest BCUT2D eigenvalue weighted by Crippen LogP contribution is -2.42. The van der Waals surface area contributed by atoms with Gasteiger partial charge in [0.05, 0.1) is 6.04 Å². The van der Waals surface area contributed by atoms with E-state index in [1.165, 1.54) is 0 Å². The molecule has 124 valence electrons. The van der Waals surface area contributed by atoms with Crippen LogP contribution < -0.4 is 11.1 Å². The molecule has 6 nitrogen and oxygen atoms in total. The first kappa shape index (κ1) is 22.4. The first-order chi connectivity index (χ1) is 8.91. The zero-order valence-electron chi connectivity index (χ0n) is 13.1. The molecule has 0 fully saturated rings. The van der Waals surface area contributed by atoms with E-state index in [2.05, 4.69) is 43.2 Å². The minimum atomic E-state index is -0.425. The molecule has 1 heterocycles. The molecule has 1 atom stereocenters. The Hall–Kier alpha value is -0.850. The third-order valence-corrected chi connectivity index (χ3v) is 2.88. The van der Waals surface area contributed by atoms with Crippen molar-refractivity contribution in [3.63, 3.8) is 0 Å². The van der Waals surface area contributed by atoms with Gasteiger partial charge in [-0.2, -0.15) is 0 Å². The molecule has 1 amide bonds. The van der Waals surface area contributed by atoms with Crippen molar-refractivity contribution in [2.24, 2.45) is 11.7 Å². The van der Waals surface area contributed by atoms with Gasteiger partial charge in [-0.15, -0.1) is 35.0 Å². The molecule has 0 spiro atoms. The van der Waals surface area contributed by atoms with Crippen LogP contribution in [0.4, 0.5) is 0 Å². The van der Waals surface area contributed by atoms with Crippen molar-refractivity contribution < 1.29 is 4.79 Å². The van der Waals surface area contributed by atoms with Crippen molar-refractivity contribution in [1.29, 1.82) is 0 Å². The Labute approximate surface area is 139 Å². The zero-order valence-corrected chi connectivity index (χ0v) is 14.7. The van der Waals surface area contributed by atoms with Crippen LogP contribution in [-0.4, -0.2) is 33.3 Å². The highest BCUT2D eigenvalue weighted by atomic mass is 35.5. The third-order valence-electron chi connectivity index (χ3n) is 2.88. The van der Waals surface area contributed by atoms with E-state index in [1.807, 2.05) is 4.57 Å². The summed E-state index contributed by atoms with van der Waals surface area (Å²) < 4.78 is 1.96. The summed E-state index contributed by atoms with van der Waals surface area (Å²) in [6, 6.07) is -0.425. The van der Waals surface area contributed by atoms with Crippen molar-refractivity contribution >= 4 is 30.7 Å². The van der Waals surface area contributed by atoms with E-state index in [-0.39, 0.29) is 30.7 Å². The van der Waals surface area contributed by atoms with Crippen LogP contribution in [0.3, 0.4) is 0 Å². The summed E-state index contributed by atoms with van der Waals surface area (Å²) in [5.74, 6) is 1.58. The molecular formula is C13H27Cl2N5O. The summed E-state index contributed by atoms with van der Waals surface area (Å²) >= 11 is 0. The van der Waals surface area contributed by atoms with Gasteiger partial charge in [0.25, 0.3) is 0 Å². The predicted molar refractivity (Wildman–Crippen MR) is 89.0 cm³/mol. The summed E-state index contributed by atoms with van der Waals surface area (Å²) in [6.45, 7) is 9.46. The zero-order chi connectivity index (χ0) is 14.4. The molecule has 0 bridgehead atoms. The van der Waals surface area contributed by atoms with Crippen LogP contribution in [0.2, 0.25) is 0 Å². The number of nitrogens with two attached hydrogens (primary N) is 1. The second kappa shape index (κ2) is 10.8. The van der Waals surface area contributed by atoms with Crippen LogP contribution in [-0.2, 0) is 11.3 Å². The second-order valence-corrected chi connectivity index (χ2v) is 5.56. The molecule has 3 N–H and O–H groups in total. The highest BCUT2D eigenvalue weighted by molar-refractivity contribution is 5.85. The second-order valence-electron chi connectivity index (χ2n) is 5.56. The number of halogens is 2. The Morgan fingerprint density at radius 2 is 1.95 bits per heavy atom. The van der Waals surface area contributed by atoms with Crippen LogP contribution in [0, 0.1) is 5.92 Å². The molecule has 21 heavy (non-hydrogen) atoms. The fourth-order valence-corrected chi connectivity index (χ4v) is 1.93. The third kappa shape index (κ3) is 7.64. The van der Waals surface area contributed by atoms with Crippen LogP contribution in [0.5, 0.6) is 0 Å². The van der Waals surface area contributed by atoms with E-state index in [4.69, 9.17) is 5.73 Å². The van der Waals surface area contributed by atoms with Crippen molar-refractivity contribution in [3.05, 3.63) is 12.2 Å². The van der Waals surface area contributed by atoms with Crippen LogP contribution in [0.25, 0.3) is 0 Å². The molecule has 0 aromatic carbocycles. The minimum absolute atomic E-state index is 0. The van der Waals surface area contributed by atoms with Gasteiger partial charge in [-0.1, -0.05) is 27.7 Å². The molecule has 0 saturated carbocycles. The average Bonchev–Trinajstić information content (AvgIpc) is 2.76. The van der Waals surface area contributed by atoms with E-state index < -0.39 is 6.04 Å². The summed E-state index contributed by atoms with van der Waals surface area (Å²) in [5.41, 5.74) is 5.81. The number of nitrogens with one attached hydrogen (secondary N) is 1. The van der Waals surface area contributed by atoms with E-state index in [9.17, 15) is 4.79 Å². The van der Waals surface area contributed by atoms with E-state index in [1.54, 1.807) is 6.33 Å². The predicted octanol–water partition coefficient (Wildman–Crippen LogP) is 1.73. The molecule has 0 aliphatic rings. The van der Waals surface area contributed by atoms with Gasteiger partial charge in [0.2, 0.25) is 5.91 Å². The summed E-state index contributed by atoms with van der Waals surface area (Å²) in [6.07, 6.45) is 2.39. The topological polar surface area (TPSA) is 85.8 Å². The number of carbonyl (C=O) groups excluding carboxylic acids is 1. The monoisotopic (exact) mass is 339 g/mol. The number of amides is 1. The Bertz CT molecular complexity index is 409. The molecule has 0 aliphatic heterocycles. The van der Waals surface area contributed by atoms with E-state index >= 15 is 0 Å². The number of hydrogen-bond donors (Lipinski definition) is 2. The lowest BCUT2D eigenvalue weighted by Gasteiger charge is -2.15. The highest BCUT2D eigenvalue weighted by Crippen LogP contribution is 2.09.